The first-order valence-corrected chi connectivity index (χ1v) is 10.9. The molecule has 0 bridgehead atoms. The molecule has 0 saturated carbocycles. The molecule has 0 spiro atoms. The molecule has 0 amide bonds. The molecule has 166 valence electrons. The lowest BCUT2D eigenvalue weighted by molar-refractivity contribution is -0.0325. The van der Waals surface area contributed by atoms with Crippen molar-refractivity contribution in [2.24, 2.45) is 0 Å². The molecule has 0 unspecified atom stereocenters. The number of carbonyl (C=O) groups excluding carboxylic acids is 1. The lowest BCUT2D eigenvalue weighted by atomic mass is 10.00. The summed E-state index contributed by atoms with van der Waals surface area (Å²) < 4.78 is 17.2. The van der Waals surface area contributed by atoms with Crippen LogP contribution in [0.4, 0.5) is 4.79 Å². The molecule has 3 aromatic carbocycles. The van der Waals surface area contributed by atoms with E-state index in [1.807, 2.05) is 30.3 Å². The van der Waals surface area contributed by atoms with Gasteiger partial charge in [0.1, 0.15) is 17.1 Å². The molecule has 1 aliphatic rings. The highest BCUT2D eigenvalue weighted by Crippen LogP contribution is 2.44. The molecular formula is C27H29NO4. The Kier molecular flexibility index (Phi) is 6.19. The standard InChI is InChI=1S/C27H29NO4/c1-19-23-16-15-22(30-26(29)32-27(2,3)4)17-24(23)31-25(21-13-9-6-10-14-21)28(19)18-20-11-7-5-8-12-20/h5-17,19,25H,18H2,1-4H3/t19-,25-/m0/s1. The van der Waals surface area contributed by atoms with Gasteiger partial charge >= 0.3 is 6.16 Å². The van der Waals surface area contributed by atoms with Crippen LogP contribution in [-0.2, 0) is 11.3 Å². The largest absolute Gasteiger partial charge is 0.514 e. The van der Waals surface area contributed by atoms with E-state index in [1.54, 1.807) is 32.9 Å². The van der Waals surface area contributed by atoms with Crippen LogP contribution in [0.5, 0.6) is 11.5 Å². The molecule has 0 radical (unpaired) electrons. The number of hydrogen-bond acceptors (Lipinski definition) is 5. The summed E-state index contributed by atoms with van der Waals surface area (Å²) in [5, 5.41) is 0. The summed E-state index contributed by atoms with van der Waals surface area (Å²) in [6, 6.07) is 26.2. The van der Waals surface area contributed by atoms with Gasteiger partial charge in [0.05, 0.1) is 0 Å². The third kappa shape index (κ3) is 5.11. The van der Waals surface area contributed by atoms with Crippen LogP contribution in [0.3, 0.4) is 0 Å². The summed E-state index contributed by atoms with van der Waals surface area (Å²) in [6.45, 7) is 8.33. The smallest absolute Gasteiger partial charge is 0.470 e. The average molecular weight is 432 g/mol. The Morgan fingerprint density at radius 1 is 0.969 bits per heavy atom. The van der Waals surface area contributed by atoms with E-state index in [2.05, 4.69) is 48.2 Å². The van der Waals surface area contributed by atoms with E-state index < -0.39 is 11.8 Å². The van der Waals surface area contributed by atoms with Crippen molar-refractivity contribution in [2.75, 3.05) is 0 Å². The maximum atomic E-state index is 12.1. The maximum absolute atomic E-state index is 12.1. The van der Waals surface area contributed by atoms with E-state index in [-0.39, 0.29) is 12.3 Å². The molecular weight excluding hydrogens is 402 g/mol. The zero-order valence-electron chi connectivity index (χ0n) is 18.9. The van der Waals surface area contributed by atoms with Gasteiger partial charge < -0.3 is 14.2 Å². The third-order valence-corrected chi connectivity index (χ3v) is 5.36. The van der Waals surface area contributed by atoms with Gasteiger partial charge in [0.25, 0.3) is 0 Å². The minimum atomic E-state index is -0.730. The predicted molar refractivity (Wildman–Crippen MR) is 124 cm³/mol. The van der Waals surface area contributed by atoms with Gasteiger partial charge in [-0.15, -0.1) is 0 Å². The lowest BCUT2D eigenvalue weighted by Crippen LogP contribution is -2.38. The van der Waals surface area contributed by atoms with Crippen LogP contribution in [0.2, 0.25) is 0 Å². The summed E-state index contributed by atoms with van der Waals surface area (Å²) in [5.74, 6) is 1.10. The summed E-state index contributed by atoms with van der Waals surface area (Å²) in [4.78, 5) is 14.4. The molecule has 0 saturated heterocycles. The minimum absolute atomic E-state index is 0.0970. The van der Waals surface area contributed by atoms with E-state index in [1.165, 1.54) is 5.56 Å². The van der Waals surface area contributed by atoms with Crippen LogP contribution in [0, 0.1) is 0 Å². The Labute approximate surface area is 189 Å². The molecule has 32 heavy (non-hydrogen) atoms. The van der Waals surface area contributed by atoms with Crippen LogP contribution < -0.4 is 9.47 Å². The first kappa shape index (κ1) is 21.9. The molecule has 0 fully saturated rings. The fourth-order valence-corrected chi connectivity index (χ4v) is 3.85. The van der Waals surface area contributed by atoms with E-state index in [0.29, 0.717) is 11.5 Å². The van der Waals surface area contributed by atoms with Crippen molar-refractivity contribution < 1.29 is 19.0 Å². The summed E-state index contributed by atoms with van der Waals surface area (Å²) >= 11 is 0. The fourth-order valence-electron chi connectivity index (χ4n) is 3.85. The van der Waals surface area contributed by atoms with Crippen LogP contribution in [0.1, 0.15) is 56.7 Å². The number of benzene rings is 3. The van der Waals surface area contributed by atoms with Crippen LogP contribution >= 0.6 is 0 Å². The highest BCUT2D eigenvalue weighted by atomic mass is 16.7. The summed E-state index contributed by atoms with van der Waals surface area (Å²) in [7, 11) is 0. The summed E-state index contributed by atoms with van der Waals surface area (Å²) in [5.41, 5.74) is 2.72. The van der Waals surface area contributed by atoms with Crippen molar-refractivity contribution in [1.82, 2.24) is 4.90 Å². The molecule has 2 atom stereocenters. The maximum Gasteiger partial charge on any atom is 0.514 e. The van der Waals surface area contributed by atoms with Gasteiger partial charge in [-0.2, -0.15) is 0 Å². The topological polar surface area (TPSA) is 48.0 Å². The number of carbonyl (C=O) groups is 1. The Balaban J connectivity index is 1.64. The van der Waals surface area contributed by atoms with E-state index >= 15 is 0 Å². The molecule has 1 heterocycles. The van der Waals surface area contributed by atoms with Crippen LogP contribution in [0.15, 0.2) is 78.9 Å². The quantitative estimate of drug-likeness (QED) is 0.342. The van der Waals surface area contributed by atoms with Gasteiger partial charge in [0.15, 0.2) is 6.23 Å². The highest BCUT2D eigenvalue weighted by Gasteiger charge is 2.34. The molecule has 1 aliphatic heterocycles. The van der Waals surface area contributed by atoms with Gasteiger partial charge in [-0.1, -0.05) is 66.7 Å². The van der Waals surface area contributed by atoms with Gasteiger partial charge in [0.2, 0.25) is 0 Å². The van der Waals surface area contributed by atoms with Crippen molar-refractivity contribution >= 4 is 6.16 Å². The second-order valence-electron chi connectivity index (χ2n) is 8.98. The first-order valence-electron chi connectivity index (χ1n) is 10.9. The SMILES string of the molecule is C[C@H]1c2ccc(OC(=O)OC(C)(C)C)cc2O[C@@H](c2ccccc2)N1Cc1ccccc1. The first-order chi connectivity index (χ1) is 15.3. The Morgan fingerprint density at radius 3 is 2.28 bits per heavy atom. The van der Waals surface area contributed by atoms with Crippen LogP contribution in [0.25, 0.3) is 0 Å². The predicted octanol–water partition coefficient (Wildman–Crippen LogP) is 6.65. The molecule has 4 rings (SSSR count). The number of ether oxygens (including phenoxy) is 3. The number of nitrogens with zero attached hydrogens (tertiary/aromatic N) is 1. The van der Waals surface area contributed by atoms with Gasteiger partial charge in [0, 0.05) is 29.8 Å². The molecule has 5 nitrogen and oxygen atoms in total. The van der Waals surface area contributed by atoms with Gasteiger partial charge in [-0.05, 0) is 39.3 Å². The zero-order valence-corrected chi connectivity index (χ0v) is 18.9. The van der Waals surface area contributed by atoms with E-state index in [4.69, 9.17) is 14.2 Å². The molecule has 0 aromatic heterocycles. The van der Waals surface area contributed by atoms with Crippen molar-refractivity contribution in [3.63, 3.8) is 0 Å². The Bertz CT molecular complexity index is 1060. The molecule has 0 aliphatic carbocycles. The Morgan fingerprint density at radius 2 is 1.62 bits per heavy atom. The van der Waals surface area contributed by atoms with E-state index in [9.17, 15) is 4.79 Å². The van der Waals surface area contributed by atoms with Crippen molar-refractivity contribution in [3.05, 3.63) is 95.6 Å². The number of fused-ring (bicyclic) bond motifs is 1. The Hall–Kier alpha value is -3.31. The van der Waals surface area contributed by atoms with Crippen LogP contribution in [-0.4, -0.2) is 16.7 Å². The molecule has 0 N–H and O–H groups in total. The van der Waals surface area contributed by atoms with Gasteiger partial charge in [-0.3, -0.25) is 4.90 Å². The summed E-state index contributed by atoms with van der Waals surface area (Å²) in [6.07, 6.45) is -0.998. The van der Waals surface area contributed by atoms with Gasteiger partial charge in [-0.25, -0.2) is 4.79 Å². The molecule has 5 heteroatoms. The van der Waals surface area contributed by atoms with Crippen molar-refractivity contribution in [1.29, 1.82) is 0 Å². The van der Waals surface area contributed by atoms with E-state index in [0.717, 1.165) is 17.7 Å². The minimum Gasteiger partial charge on any atom is -0.470 e. The second-order valence-corrected chi connectivity index (χ2v) is 8.98. The van der Waals surface area contributed by atoms with Crippen molar-refractivity contribution in [3.8, 4) is 11.5 Å². The zero-order chi connectivity index (χ0) is 22.7. The fraction of sp³-hybridized carbons (Fsp3) is 0.296. The average Bonchev–Trinajstić information content (AvgIpc) is 2.75. The molecule has 3 aromatic rings. The monoisotopic (exact) mass is 431 g/mol. The normalized spacial score (nSPS) is 18.4. The lowest BCUT2D eigenvalue weighted by Gasteiger charge is -2.42. The second kappa shape index (κ2) is 9.05. The third-order valence-electron chi connectivity index (χ3n) is 5.36. The van der Waals surface area contributed by atoms with Crippen molar-refractivity contribution in [2.45, 2.75) is 52.1 Å². The number of hydrogen-bond donors (Lipinski definition) is 0. The number of rotatable bonds is 4. The highest BCUT2D eigenvalue weighted by molar-refractivity contribution is 5.65.